The van der Waals surface area contributed by atoms with Crippen molar-refractivity contribution < 1.29 is 4.74 Å². The highest BCUT2D eigenvalue weighted by Gasteiger charge is 2.07. The van der Waals surface area contributed by atoms with Crippen LogP contribution in [0.4, 0.5) is 5.69 Å². The first-order valence-electron chi connectivity index (χ1n) is 6.41. The summed E-state index contributed by atoms with van der Waals surface area (Å²) < 4.78 is 5.21. The molecule has 3 nitrogen and oxygen atoms in total. The lowest BCUT2D eigenvalue weighted by Crippen LogP contribution is -2.06. The largest absolute Gasteiger partial charge is 0.479 e. The molecular weight excluding hydrogens is 307 g/mol. The van der Waals surface area contributed by atoms with Crippen molar-refractivity contribution in [3.8, 4) is 11.8 Å². The number of nitrogens with zero attached hydrogens (tertiary/aromatic N) is 1. The number of rotatable bonds is 5. The summed E-state index contributed by atoms with van der Waals surface area (Å²) in [6.07, 6.45) is 0. The van der Waals surface area contributed by atoms with Crippen LogP contribution in [-0.4, -0.2) is 6.61 Å². The molecule has 0 amide bonds. The van der Waals surface area contributed by atoms with Crippen LogP contribution in [0.2, 0.25) is 10.0 Å². The monoisotopic (exact) mass is 320 g/mol. The highest BCUT2D eigenvalue weighted by Crippen LogP contribution is 2.27. The van der Waals surface area contributed by atoms with Crippen molar-refractivity contribution in [2.24, 2.45) is 0 Å². The summed E-state index contributed by atoms with van der Waals surface area (Å²) in [5.41, 5.74) is 2.01. The molecule has 0 aliphatic carbocycles. The third-order valence-corrected chi connectivity index (χ3v) is 3.72. The lowest BCUT2D eigenvalue weighted by Gasteiger charge is -2.16. The number of anilines is 1. The van der Waals surface area contributed by atoms with Gasteiger partial charge in [-0.3, -0.25) is 0 Å². The van der Waals surface area contributed by atoms with E-state index < -0.39 is 0 Å². The summed E-state index contributed by atoms with van der Waals surface area (Å²) in [4.78, 5) is 0. The van der Waals surface area contributed by atoms with Gasteiger partial charge >= 0.3 is 0 Å². The van der Waals surface area contributed by atoms with Crippen molar-refractivity contribution in [1.29, 1.82) is 5.26 Å². The number of nitriles is 1. The molecule has 108 valence electrons. The Balaban J connectivity index is 2.03. The summed E-state index contributed by atoms with van der Waals surface area (Å²) in [6, 6.07) is 15.1. The highest BCUT2D eigenvalue weighted by molar-refractivity contribution is 6.42. The van der Waals surface area contributed by atoms with Gasteiger partial charge in [-0.05, 0) is 48.9 Å². The predicted molar refractivity (Wildman–Crippen MR) is 86.0 cm³/mol. The highest BCUT2D eigenvalue weighted by atomic mass is 35.5. The Hall–Kier alpha value is -1.89. The third kappa shape index (κ3) is 4.29. The Kier molecular flexibility index (Phi) is 5.32. The van der Waals surface area contributed by atoms with Crippen molar-refractivity contribution in [2.45, 2.75) is 13.0 Å². The van der Waals surface area contributed by atoms with E-state index in [1.807, 2.05) is 49.4 Å². The van der Waals surface area contributed by atoms with E-state index in [-0.39, 0.29) is 12.6 Å². The zero-order valence-corrected chi connectivity index (χ0v) is 12.9. The predicted octanol–water partition coefficient (Wildman–Crippen LogP) is 5.07. The first kappa shape index (κ1) is 15.5. The zero-order chi connectivity index (χ0) is 15.2. The molecule has 0 heterocycles. The van der Waals surface area contributed by atoms with Crippen LogP contribution in [0.1, 0.15) is 18.5 Å². The quantitative estimate of drug-likeness (QED) is 0.836. The molecule has 1 N–H and O–H groups in total. The van der Waals surface area contributed by atoms with Gasteiger partial charge in [0, 0.05) is 11.7 Å². The topological polar surface area (TPSA) is 45.0 Å². The van der Waals surface area contributed by atoms with Crippen LogP contribution in [0, 0.1) is 11.3 Å². The van der Waals surface area contributed by atoms with Gasteiger partial charge in [-0.1, -0.05) is 29.3 Å². The van der Waals surface area contributed by atoms with Crippen LogP contribution < -0.4 is 10.1 Å². The number of benzene rings is 2. The van der Waals surface area contributed by atoms with Gasteiger partial charge in [0.2, 0.25) is 0 Å². The molecule has 0 radical (unpaired) electrons. The second kappa shape index (κ2) is 7.21. The fourth-order valence-corrected chi connectivity index (χ4v) is 2.18. The van der Waals surface area contributed by atoms with E-state index in [0.29, 0.717) is 15.8 Å². The molecule has 0 spiro atoms. The summed E-state index contributed by atoms with van der Waals surface area (Å²) in [7, 11) is 0. The zero-order valence-electron chi connectivity index (χ0n) is 11.4. The molecule has 0 bridgehead atoms. The molecule has 2 rings (SSSR count). The minimum absolute atomic E-state index is 0.0481. The molecule has 0 aromatic heterocycles. The smallest absolute Gasteiger partial charge is 0.174 e. The fourth-order valence-electron chi connectivity index (χ4n) is 1.88. The van der Waals surface area contributed by atoms with Crippen molar-refractivity contribution in [3.63, 3.8) is 0 Å². The Morgan fingerprint density at radius 2 is 1.86 bits per heavy atom. The normalized spacial score (nSPS) is 11.5. The first-order chi connectivity index (χ1) is 10.1. The van der Waals surface area contributed by atoms with Crippen molar-refractivity contribution in [1.82, 2.24) is 0 Å². The van der Waals surface area contributed by atoms with Crippen LogP contribution in [0.3, 0.4) is 0 Å². The lowest BCUT2D eigenvalue weighted by atomic mass is 10.1. The molecule has 0 fully saturated rings. The standard InChI is InChI=1S/C16H14Cl2N2O/c1-11(12-2-7-15(17)16(18)10-12)20-13-3-5-14(6-4-13)21-9-8-19/h2-7,10-11,20H,9H2,1H3. The van der Waals surface area contributed by atoms with Crippen LogP contribution in [0.15, 0.2) is 42.5 Å². The number of halogens is 2. The number of hydrogen-bond donors (Lipinski definition) is 1. The fraction of sp³-hybridized carbons (Fsp3) is 0.188. The van der Waals surface area contributed by atoms with E-state index in [1.54, 1.807) is 6.07 Å². The Morgan fingerprint density at radius 3 is 2.48 bits per heavy atom. The maximum absolute atomic E-state index is 8.46. The van der Waals surface area contributed by atoms with Gasteiger partial charge in [-0.2, -0.15) is 5.26 Å². The molecule has 1 unspecified atom stereocenters. The Bertz CT molecular complexity index is 650. The second-order valence-electron chi connectivity index (χ2n) is 4.51. The minimum Gasteiger partial charge on any atom is -0.479 e. The maximum Gasteiger partial charge on any atom is 0.174 e. The third-order valence-electron chi connectivity index (χ3n) is 2.98. The maximum atomic E-state index is 8.46. The number of ether oxygens (including phenoxy) is 1. The molecule has 0 aliphatic heterocycles. The summed E-state index contributed by atoms with van der Waals surface area (Å²) in [5.74, 6) is 0.671. The van der Waals surface area contributed by atoms with Crippen LogP contribution in [0.5, 0.6) is 5.75 Å². The van der Waals surface area contributed by atoms with Crippen LogP contribution >= 0.6 is 23.2 Å². The average Bonchev–Trinajstić information content (AvgIpc) is 2.49. The van der Waals surface area contributed by atoms with Gasteiger partial charge < -0.3 is 10.1 Å². The summed E-state index contributed by atoms with van der Waals surface area (Å²) in [5, 5.41) is 12.9. The SMILES string of the molecule is CC(Nc1ccc(OCC#N)cc1)c1ccc(Cl)c(Cl)c1. The van der Waals surface area contributed by atoms with E-state index in [0.717, 1.165) is 11.3 Å². The molecule has 21 heavy (non-hydrogen) atoms. The second-order valence-corrected chi connectivity index (χ2v) is 5.33. The summed E-state index contributed by atoms with van der Waals surface area (Å²) >= 11 is 11.9. The van der Waals surface area contributed by atoms with E-state index in [1.165, 1.54) is 0 Å². The molecule has 2 aromatic rings. The lowest BCUT2D eigenvalue weighted by molar-refractivity contribution is 0.368. The molecule has 1 atom stereocenters. The van der Waals surface area contributed by atoms with E-state index in [9.17, 15) is 0 Å². The van der Waals surface area contributed by atoms with Crippen LogP contribution in [0.25, 0.3) is 0 Å². The van der Waals surface area contributed by atoms with Crippen molar-refractivity contribution >= 4 is 28.9 Å². The molecule has 0 aliphatic rings. The molecule has 0 saturated carbocycles. The van der Waals surface area contributed by atoms with Crippen LogP contribution in [-0.2, 0) is 0 Å². The molecular formula is C16H14Cl2N2O. The van der Waals surface area contributed by atoms with E-state index in [2.05, 4.69) is 5.32 Å². The Morgan fingerprint density at radius 1 is 1.14 bits per heavy atom. The first-order valence-corrected chi connectivity index (χ1v) is 7.17. The van der Waals surface area contributed by atoms with Gasteiger partial charge in [0.05, 0.1) is 10.0 Å². The van der Waals surface area contributed by atoms with E-state index in [4.69, 9.17) is 33.2 Å². The van der Waals surface area contributed by atoms with Gasteiger partial charge in [0.15, 0.2) is 6.61 Å². The Labute approximate surface area is 134 Å². The van der Waals surface area contributed by atoms with Gasteiger partial charge in [0.1, 0.15) is 11.8 Å². The number of nitrogens with one attached hydrogen (secondary N) is 1. The van der Waals surface area contributed by atoms with Gasteiger partial charge in [-0.15, -0.1) is 0 Å². The van der Waals surface area contributed by atoms with Crippen molar-refractivity contribution in [2.75, 3.05) is 11.9 Å². The molecule has 0 saturated heterocycles. The molecule has 5 heteroatoms. The van der Waals surface area contributed by atoms with E-state index >= 15 is 0 Å². The van der Waals surface area contributed by atoms with Gasteiger partial charge in [-0.25, -0.2) is 0 Å². The summed E-state index contributed by atoms with van der Waals surface area (Å²) in [6.45, 7) is 2.09. The van der Waals surface area contributed by atoms with Crippen molar-refractivity contribution in [3.05, 3.63) is 58.1 Å². The minimum atomic E-state index is 0.0481. The molecule has 2 aromatic carbocycles. The van der Waals surface area contributed by atoms with Gasteiger partial charge in [0.25, 0.3) is 0 Å². The number of hydrogen-bond acceptors (Lipinski definition) is 3. The average molecular weight is 321 g/mol.